The second-order valence-electron chi connectivity index (χ2n) is 3.02. The van der Waals surface area contributed by atoms with E-state index in [1.807, 2.05) is 0 Å². The third-order valence-corrected chi connectivity index (χ3v) is 2.36. The van der Waals surface area contributed by atoms with Crippen molar-refractivity contribution in [2.75, 3.05) is 6.61 Å². The number of rotatable bonds is 1. The van der Waals surface area contributed by atoms with Crippen molar-refractivity contribution in [1.29, 1.82) is 0 Å². The van der Waals surface area contributed by atoms with E-state index in [1.165, 1.54) is 6.42 Å². The molecule has 3 atom stereocenters. The van der Waals surface area contributed by atoms with Gasteiger partial charge in [0.25, 0.3) is 0 Å². The zero-order valence-corrected chi connectivity index (χ0v) is 5.86. The Kier molecular flexibility index (Phi) is 1.51. The Bertz CT molecular complexity index is 153. The van der Waals surface area contributed by atoms with Crippen molar-refractivity contribution < 1.29 is 9.84 Å². The van der Waals surface area contributed by atoms with E-state index in [0.717, 1.165) is 6.42 Å². The predicted molar refractivity (Wildman–Crippen MR) is 37.6 cm³/mol. The fourth-order valence-electron chi connectivity index (χ4n) is 1.74. The molecule has 3 rings (SSSR count). The molecule has 0 aromatic heterocycles. The number of hydrogen-bond donors (Lipinski definition) is 1. The summed E-state index contributed by atoms with van der Waals surface area (Å²) in [6.45, 7) is 0.172. The number of hydrogen-bond acceptors (Lipinski definition) is 2. The van der Waals surface area contributed by atoms with Gasteiger partial charge in [-0.15, -0.1) is 0 Å². The second-order valence-corrected chi connectivity index (χ2v) is 3.02. The zero-order chi connectivity index (χ0) is 6.97. The molecule has 10 heavy (non-hydrogen) atoms. The molecule has 2 aliphatic heterocycles. The van der Waals surface area contributed by atoms with E-state index >= 15 is 0 Å². The molecule has 1 N–H and O–H groups in total. The normalized spacial score (nSPS) is 44.3. The maximum absolute atomic E-state index is 8.85. The highest BCUT2D eigenvalue weighted by Gasteiger charge is 2.31. The van der Waals surface area contributed by atoms with E-state index in [1.54, 1.807) is 0 Å². The third kappa shape index (κ3) is 0.879. The van der Waals surface area contributed by atoms with Gasteiger partial charge in [-0.3, -0.25) is 0 Å². The number of aliphatic hydroxyl groups is 1. The van der Waals surface area contributed by atoms with Gasteiger partial charge < -0.3 is 9.84 Å². The molecule has 0 aromatic carbocycles. The second kappa shape index (κ2) is 2.36. The molecule has 0 unspecified atom stereocenters. The Balaban J connectivity index is 2.11. The van der Waals surface area contributed by atoms with Crippen LogP contribution in [0.15, 0.2) is 12.2 Å². The van der Waals surface area contributed by atoms with Crippen molar-refractivity contribution in [2.45, 2.75) is 25.0 Å². The van der Waals surface area contributed by atoms with Crippen molar-refractivity contribution >= 4 is 0 Å². The molecule has 1 fully saturated rings. The fraction of sp³-hybridized carbons (Fsp3) is 0.750. The molecular formula is C8H12O2. The molecule has 0 spiro atoms. The summed E-state index contributed by atoms with van der Waals surface area (Å²) in [6.07, 6.45) is 6.99. The number of fused-ring (bicyclic) bond motifs is 2. The Morgan fingerprint density at radius 3 is 2.60 bits per heavy atom. The van der Waals surface area contributed by atoms with E-state index in [9.17, 15) is 0 Å². The van der Waals surface area contributed by atoms with Gasteiger partial charge in [0.2, 0.25) is 0 Å². The van der Waals surface area contributed by atoms with Crippen LogP contribution in [-0.2, 0) is 4.74 Å². The lowest BCUT2D eigenvalue weighted by molar-refractivity contribution is -0.0832. The lowest BCUT2D eigenvalue weighted by atomic mass is 9.86. The minimum Gasteiger partial charge on any atom is -0.394 e. The highest BCUT2D eigenvalue weighted by molar-refractivity contribution is 5.06. The molecule has 2 heterocycles. The molecule has 56 valence electrons. The SMILES string of the molecule is OC[C@@H]1O[C@H]2C=C[C@@H]1CC2. The lowest BCUT2D eigenvalue weighted by Crippen LogP contribution is -2.39. The average Bonchev–Trinajstić information content (AvgIpc) is 2.06. The van der Waals surface area contributed by atoms with Crippen LogP contribution in [0.4, 0.5) is 0 Å². The van der Waals surface area contributed by atoms with Gasteiger partial charge in [-0.2, -0.15) is 0 Å². The lowest BCUT2D eigenvalue weighted by Gasteiger charge is -2.37. The van der Waals surface area contributed by atoms with Crippen LogP contribution in [0.1, 0.15) is 12.8 Å². The summed E-state index contributed by atoms with van der Waals surface area (Å²) in [4.78, 5) is 0. The van der Waals surface area contributed by atoms with Gasteiger partial charge in [0.1, 0.15) is 0 Å². The quantitative estimate of drug-likeness (QED) is 0.543. The predicted octanol–water partition coefficient (Wildman–Crippen LogP) is 0.712. The van der Waals surface area contributed by atoms with E-state index in [0.29, 0.717) is 12.0 Å². The number of aliphatic hydroxyl groups excluding tert-OH is 1. The van der Waals surface area contributed by atoms with Crippen LogP contribution in [0.2, 0.25) is 0 Å². The minimum atomic E-state index is 0.0868. The van der Waals surface area contributed by atoms with Crippen molar-refractivity contribution in [1.82, 2.24) is 0 Å². The standard InChI is InChI=1S/C8H12O2/c9-5-8-6-1-3-7(10-8)4-2-6/h1,3,6-9H,2,4-5H2/t6-,7+,8+/m1/s1. The Morgan fingerprint density at radius 1 is 1.40 bits per heavy atom. The van der Waals surface area contributed by atoms with E-state index in [4.69, 9.17) is 9.84 Å². The van der Waals surface area contributed by atoms with Gasteiger partial charge in [-0.05, 0) is 12.8 Å². The first-order valence-corrected chi connectivity index (χ1v) is 3.85. The van der Waals surface area contributed by atoms with Crippen molar-refractivity contribution in [3.05, 3.63) is 12.2 Å². The third-order valence-electron chi connectivity index (χ3n) is 2.36. The number of ether oxygens (including phenoxy) is 1. The zero-order valence-electron chi connectivity index (χ0n) is 5.86. The minimum absolute atomic E-state index is 0.0868. The molecule has 2 nitrogen and oxygen atoms in total. The molecular weight excluding hydrogens is 128 g/mol. The van der Waals surface area contributed by atoms with Crippen LogP contribution in [0.25, 0.3) is 0 Å². The van der Waals surface area contributed by atoms with Crippen molar-refractivity contribution in [2.24, 2.45) is 5.92 Å². The van der Waals surface area contributed by atoms with Gasteiger partial charge in [-0.25, -0.2) is 0 Å². The maximum atomic E-state index is 8.85. The molecule has 2 heteroatoms. The van der Waals surface area contributed by atoms with E-state index in [-0.39, 0.29) is 12.7 Å². The summed E-state index contributed by atoms with van der Waals surface area (Å²) in [5.74, 6) is 0.481. The van der Waals surface area contributed by atoms with Crippen LogP contribution < -0.4 is 0 Å². The smallest absolute Gasteiger partial charge is 0.0876 e. The highest BCUT2D eigenvalue weighted by atomic mass is 16.5. The van der Waals surface area contributed by atoms with Crippen LogP contribution in [-0.4, -0.2) is 23.9 Å². The van der Waals surface area contributed by atoms with Crippen LogP contribution in [0, 0.1) is 5.92 Å². The molecule has 3 aliphatic rings. The van der Waals surface area contributed by atoms with Crippen LogP contribution >= 0.6 is 0 Å². The topological polar surface area (TPSA) is 29.5 Å². The summed E-state index contributed by atoms with van der Waals surface area (Å²) in [5.41, 5.74) is 0. The molecule has 0 saturated carbocycles. The Labute approximate surface area is 60.5 Å². The summed E-state index contributed by atoms with van der Waals surface area (Å²) in [7, 11) is 0. The first kappa shape index (κ1) is 6.38. The summed E-state index contributed by atoms with van der Waals surface area (Å²) < 4.78 is 5.50. The molecule has 0 aromatic rings. The fourth-order valence-corrected chi connectivity index (χ4v) is 1.74. The van der Waals surface area contributed by atoms with Crippen LogP contribution in [0.3, 0.4) is 0 Å². The highest BCUT2D eigenvalue weighted by Crippen LogP contribution is 2.31. The van der Waals surface area contributed by atoms with Crippen molar-refractivity contribution in [3.8, 4) is 0 Å². The summed E-state index contributed by atoms with van der Waals surface area (Å²) >= 11 is 0. The Hall–Kier alpha value is -0.340. The van der Waals surface area contributed by atoms with Crippen molar-refractivity contribution in [3.63, 3.8) is 0 Å². The first-order chi connectivity index (χ1) is 4.90. The van der Waals surface area contributed by atoms with E-state index in [2.05, 4.69) is 12.2 Å². The first-order valence-electron chi connectivity index (χ1n) is 3.85. The molecule has 1 saturated heterocycles. The molecule has 0 radical (unpaired) electrons. The molecule has 1 aliphatic carbocycles. The average molecular weight is 140 g/mol. The van der Waals surface area contributed by atoms with Gasteiger partial charge >= 0.3 is 0 Å². The summed E-state index contributed by atoms with van der Waals surface area (Å²) in [6, 6.07) is 0. The Morgan fingerprint density at radius 2 is 2.30 bits per heavy atom. The van der Waals surface area contributed by atoms with E-state index < -0.39 is 0 Å². The largest absolute Gasteiger partial charge is 0.394 e. The van der Waals surface area contributed by atoms with Gasteiger partial charge in [0.15, 0.2) is 0 Å². The van der Waals surface area contributed by atoms with Gasteiger partial charge in [0, 0.05) is 5.92 Å². The maximum Gasteiger partial charge on any atom is 0.0876 e. The molecule has 2 bridgehead atoms. The van der Waals surface area contributed by atoms with Crippen LogP contribution in [0.5, 0.6) is 0 Å². The molecule has 0 amide bonds. The monoisotopic (exact) mass is 140 g/mol. The van der Waals surface area contributed by atoms with Gasteiger partial charge in [-0.1, -0.05) is 12.2 Å². The van der Waals surface area contributed by atoms with Gasteiger partial charge in [0.05, 0.1) is 18.8 Å². The summed E-state index contributed by atoms with van der Waals surface area (Å²) in [5, 5.41) is 8.85.